The van der Waals surface area contributed by atoms with E-state index in [9.17, 15) is 4.79 Å². The Morgan fingerprint density at radius 3 is 2.57 bits per heavy atom. The van der Waals surface area contributed by atoms with Gasteiger partial charge in [0, 0.05) is 36.5 Å². The number of rotatable bonds is 4. The number of carbonyl (C=O) groups excluding carboxylic acids is 1. The second-order valence-corrected chi connectivity index (χ2v) is 6.40. The molecule has 1 saturated heterocycles. The minimum Gasteiger partial charge on any atom is -0.366 e. The van der Waals surface area contributed by atoms with Gasteiger partial charge in [0.05, 0.1) is 5.69 Å². The normalized spacial score (nSPS) is 18.5. The summed E-state index contributed by atoms with van der Waals surface area (Å²) in [6, 6.07) is 8.04. The molecule has 0 radical (unpaired) electrons. The number of aryl methyl sites for hydroxylation is 2. The van der Waals surface area contributed by atoms with Crippen molar-refractivity contribution in [2.24, 2.45) is 12.8 Å². The topological polar surface area (TPSA) is 64.2 Å². The number of hydrogen-bond donors (Lipinski definition) is 1. The Bertz CT molecular complexity index is 717. The zero-order valence-electron chi connectivity index (χ0n) is 14.0. The quantitative estimate of drug-likeness (QED) is 0.943. The monoisotopic (exact) mass is 312 g/mol. The fraction of sp³-hybridized carbons (Fsp3) is 0.444. The molecular formula is C18H24N4O. The molecule has 0 aliphatic carbocycles. The Balaban J connectivity index is 1.80. The average molecular weight is 312 g/mol. The van der Waals surface area contributed by atoms with E-state index < -0.39 is 0 Å². The number of nitrogens with two attached hydrogens (primary N) is 1. The molecule has 1 unspecified atom stereocenters. The third kappa shape index (κ3) is 3.01. The van der Waals surface area contributed by atoms with Crippen molar-refractivity contribution in [1.29, 1.82) is 0 Å². The van der Waals surface area contributed by atoms with Crippen LogP contribution in [0.2, 0.25) is 0 Å². The van der Waals surface area contributed by atoms with Gasteiger partial charge in [-0.2, -0.15) is 5.10 Å². The molecule has 1 aliphatic rings. The van der Waals surface area contributed by atoms with E-state index in [1.54, 1.807) is 0 Å². The minimum absolute atomic E-state index is 0.378. The largest absolute Gasteiger partial charge is 0.366 e. The highest BCUT2D eigenvalue weighted by molar-refractivity contribution is 5.92. The molecule has 23 heavy (non-hydrogen) atoms. The van der Waals surface area contributed by atoms with Gasteiger partial charge < -0.3 is 5.73 Å². The van der Waals surface area contributed by atoms with Gasteiger partial charge in [0.2, 0.25) is 5.91 Å². The van der Waals surface area contributed by atoms with E-state index >= 15 is 0 Å². The van der Waals surface area contributed by atoms with Crippen molar-refractivity contribution in [2.75, 3.05) is 6.54 Å². The summed E-state index contributed by atoms with van der Waals surface area (Å²) in [7, 11) is 2.01. The lowest BCUT2D eigenvalue weighted by Gasteiger charge is -2.25. The summed E-state index contributed by atoms with van der Waals surface area (Å²) in [6.07, 6.45) is 2.38. The van der Waals surface area contributed by atoms with Gasteiger partial charge in [-0.1, -0.05) is 12.1 Å². The molecule has 3 rings (SSSR count). The molecule has 2 heterocycles. The summed E-state index contributed by atoms with van der Waals surface area (Å²) in [5.41, 5.74) is 10.8. The van der Waals surface area contributed by atoms with Crippen LogP contribution in [-0.4, -0.2) is 27.1 Å². The third-order valence-corrected chi connectivity index (χ3v) is 4.89. The maximum atomic E-state index is 11.2. The third-order valence-electron chi connectivity index (χ3n) is 4.89. The number of likely N-dealkylation sites (tertiary alicyclic amines) is 1. The lowest BCUT2D eigenvalue weighted by molar-refractivity contribution is 0.100. The van der Waals surface area contributed by atoms with Crippen LogP contribution in [0, 0.1) is 13.8 Å². The maximum Gasteiger partial charge on any atom is 0.248 e. The van der Waals surface area contributed by atoms with Gasteiger partial charge in [-0.3, -0.25) is 14.4 Å². The SMILES string of the molecule is Cc1nn(C)c(C)c1C1CCCN1Cc1ccc(C(N)=O)cc1. The van der Waals surface area contributed by atoms with Crippen LogP contribution in [0.25, 0.3) is 0 Å². The zero-order chi connectivity index (χ0) is 16.6. The molecule has 5 heteroatoms. The predicted octanol–water partition coefficient (Wildman–Crippen LogP) is 2.47. The molecule has 0 saturated carbocycles. The summed E-state index contributed by atoms with van der Waals surface area (Å²) in [6.45, 7) is 6.22. The Morgan fingerprint density at radius 2 is 2.00 bits per heavy atom. The molecule has 5 nitrogen and oxygen atoms in total. The first-order valence-electron chi connectivity index (χ1n) is 8.10. The van der Waals surface area contributed by atoms with Crippen LogP contribution in [0.15, 0.2) is 24.3 Å². The van der Waals surface area contributed by atoms with Gasteiger partial charge in [0.15, 0.2) is 0 Å². The number of carbonyl (C=O) groups is 1. The first-order valence-corrected chi connectivity index (χ1v) is 8.10. The molecule has 122 valence electrons. The molecule has 2 aromatic rings. The van der Waals surface area contributed by atoms with Crippen molar-refractivity contribution >= 4 is 5.91 Å². The summed E-state index contributed by atoms with van der Waals surface area (Å²) < 4.78 is 1.98. The van der Waals surface area contributed by atoms with E-state index in [-0.39, 0.29) is 5.91 Å². The van der Waals surface area contributed by atoms with Crippen LogP contribution in [0.1, 0.15) is 51.8 Å². The molecule has 0 bridgehead atoms. The lowest BCUT2D eigenvalue weighted by Crippen LogP contribution is -2.23. The second-order valence-electron chi connectivity index (χ2n) is 6.40. The zero-order valence-corrected chi connectivity index (χ0v) is 14.0. The number of amides is 1. The number of benzene rings is 1. The van der Waals surface area contributed by atoms with Crippen LogP contribution >= 0.6 is 0 Å². The van der Waals surface area contributed by atoms with Crippen molar-refractivity contribution in [2.45, 2.75) is 39.3 Å². The Kier molecular flexibility index (Phi) is 4.22. The molecule has 0 spiro atoms. The fourth-order valence-electron chi connectivity index (χ4n) is 3.62. The smallest absolute Gasteiger partial charge is 0.248 e. The van der Waals surface area contributed by atoms with Crippen LogP contribution in [0.4, 0.5) is 0 Å². The van der Waals surface area contributed by atoms with E-state index in [0.717, 1.165) is 18.8 Å². The maximum absolute atomic E-state index is 11.2. The van der Waals surface area contributed by atoms with Gasteiger partial charge in [-0.15, -0.1) is 0 Å². The summed E-state index contributed by atoms with van der Waals surface area (Å²) >= 11 is 0. The van der Waals surface area contributed by atoms with Crippen LogP contribution in [0.3, 0.4) is 0 Å². The van der Waals surface area contributed by atoms with Gasteiger partial charge in [0.1, 0.15) is 0 Å². The molecule has 1 atom stereocenters. The standard InChI is InChI=1S/C18H24N4O/c1-12-17(13(2)21(3)20-12)16-5-4-10-22(16)11-14-6-8-15(9-7-14)18(19)23/h6-9,16H,4-5,10-11H2,1-3H3,(H2,19,23). The molecule has 1 aromatic carbocycles. The number of primary amides is 1. The van der Waals surface area contributed by atoms with E-state index in [0.29, 0.717) is 11.6 Å². The van der Waals surface area contributed by atoms with E-state index in [4.69, 9.17) is 5.73 Å². The highest BCUT2D eigenvalue weighted by Crippen LogP contribution is 2.36. The number of aromatic nitrogens is 2. The van der Waals surface area contributed by atoms with E-state index in [1.165, 1.54) is 29.7 Å². The Hall–Kier alpha value is -2.14. The van der Waals surface area contributed by atoms with Crippen molar-refractivity contribution in [3.8, 4) is 0 Å². The first kappa shape index (κ1) is 15.7. The highest BCUT2D eigenvalue weighted by Gasteiger charge is 2.30. The van der Waals surface area contributed by atoms with E-state index in [1.807, 2.05) is 36.0 Å². The predicted molar refractivity (Wildman–Crippen MR) is 90.0 cm³/mol. The van der Waals surface area contributed by atoms with E-state index in [2.05, 4.69) is 23.8 Å². The number of nitrogens with zero attached hydrogens (tertiary/aromatic N) is 3. The minimum atomic E-state index is -0.378. The van der Waals surface area contributed by atoms with Crippen molar-refractivity contribution in [3.63, 3.8) is 0 Å². The average Bonchev–Trinajstić information content (AvgIpc) is 3.04. The second kappa shape index (κ2) is 6.16. The number of hydrogen-bond acceptors (Lipinski definition) is 3. The van der Waals surface area contributed by atoms with Gasteiger partial charge in [0.25, 0.3) is 0 Å². The summed E-state index contributed by atoms with van der Waals surface area (Å²) in [4.78, 5) is 13.7. The molecule has 1 amide bonds. The Morgan fingerprint density at radius 1 is 1.30 bits per heavy atom. The first-order chi connectivity index (χ1) is 11.0. The molecular weight excluding hydrogens is 288 g/mol. The van der Waals surface area contributed by atoms with Crippen molar-refractivity contribution in [3.05, 3.63) is 52.3 Å². The van der Waals surface area contributed by atoms with Crippen molar-refractivity contribution < 1.29 is 4.79 Å². The lowest BCUT2D eigenvalue weighted by atomic mass is 10.0. The fourth-order valence-corrected chi connectivity index (χ4v) is 3.62. The van der Waals surface area contributed by atoms with Gasteiger partial charge in [-0.25, -0.2) is 0 Å². The molecule has 2 N–H and O–H groups in total. The molecule has 1 aliphatic heterocycles. The van der Waals surface area contributed by atoms with Gasteiger partial charge >= 0.3 is 0 Å². The highest BCUT2D eigenvalue weighted by atomic mass is 16.1. The molecule has 1 aromatic heterocycles. The van der Waals surface area contributed by atoms with Crippen LogP contribution in [-0.2, 0) is 13.6 Å². The molecule has 1 fully saturated rings. The van der Waals surface area contributed by atoms with Crippen LogP contribution in [0.5, 0.6) is 0 Å². The van der Waals surface area contributed by atoms with Crippen molar-refractivity contribution in [1.82, 2.24) is 14.7 Å². The summed E-state index contributed by atoms with van der Waals surface area (Å²) in [5.74, 6) is -0.378. The van der Waals surface area contributed by atoms with Crippen LogP contribution < -0.4 is 5.73 Å². The Labute approximate surface area is 137 Å². The summed E-state index contributed by atoms with van der Waals surface area (Å²) in [5, 5.41) is 4.57. The van der Waals surface area contributed by atoms with Gasteiger partial charge in [-0.05, 0) is 50.9 Å².